The molecule has 1 saturated heterocycles. The largest absolute Gasteiger partial charge is 0.416 e. The van der Waals surface area contributed by atoms with Crippen LogP contribution in [0.2, 0.25) is 0 Å². The van der Waals surface area contributed by atoms with Crippen molar-refractivity contribution >= 4 is 5.91 Å². The van der Waals surface area contributed by atoms with Gasteiger partial charge in [-0.1, -0.05) is 0 Å². The summed E-state index contributed by atoms with van der Waals surface area (Å²) in [6, 6.07) is 1.39. The maximum absolute atomic E-state index is 13.4. The first kappa shape index (κ1) is 16.7. The van der Waals surface area contributed by atoms with Gasteiger partial charge < -0.3 is 10.6 Å². The highest BCUT2D eigenvalue weighted by atomic mass is 19.4. The van der Waals surface area contributed by atoms with Crippen LogP contribution < -0.4 is 5.73 Å². The minimum atomic E-state index is -4.69. The summed E-state index contributed by atoms with van der Waals surface area (Å²) in [6.07, 6.45) is -2.33. The third-order valence-corrected chi connectivity index (χ3v) is 3.89. The lowest BCUT2D eigenvalue weighted by Crippen LogP contribution is -2.51. The summed E-state index contributed by atoms with van der Waals surface area (Å²) in [6.45, 7) is 2.17. The molecule has 0 aliphatic carbocycles. The van der Waals surface area contributed by atoms with E-state index in [4.69, 9.17) is 5.73 Å². The molecule has 0 aromatic heterocycles. The summed E-state index contributed by atoms with van der Waals surface area (Å²) in [5, 5.41) is 0. The number of benzene rings is 1. The fourth-order valence-electron chi connectivity index (χ4n) is 2.80. The topological polar surface area (TPSA) is 46.3 Å². The van der Waals surface area contributed by atoms with Crippen LogP contribution >= 0.6 is 0 Å². The quantitative estimate of drug-likeness (QED) is 0.851. The Kier molecular flexibility index (Phi) is 4.75. The SMILES string of the molecule is C[C@H](N)[C@H]1CCCCN1C(=O)c1cc(F)cc(C(F)(F)F)c1. The number of nitrogens with zero attached hydrogens (tertiary/aromatic N) is 1. The third-order valence-electron chi connectivity index (χ3n) is 3.89. The minimum Gasteiger partial charge on any atom is -0.334 e. The summed E-state index contributed by atoms with van der Waals surface area (Å²) in [5.41, 5.74) is 4.40. The van der Waals surface area contributed by atoms with E-state index in [9.17, 15) is 22.4 Å². The Morgan fingerprint density at radius 2 is 2.00 bits per heavy atom. The highest BCUT2D eigenvalue weighted by molar-refractivity contribution is 5.94. The number of nitrogens with two attached hydrogens (primary N) is 1. The van der Waals surface area contributed by atoms with Crippen molar-refractivity contribution < 1.29 is 22.4 Å². The van der Waals surface area contributed by atoms with Gasteiger partial charge in [-0.25, -0.2) is 4.39 Å². The van der Waals surface area contributed by atoms with E-state index in [2.05, 4.69) is 0 Å². The van der Waals surface area contributed by atoms with Gasteiger partial charge in [-0.3, -0.25) is 4.79 Å². The van der Waals surface area contributed by atoms with Crippen molar-refractivity contribution in [3.05, 3.63) is 35.1 Å². The average molecular weight is 318 g/mol. The second-order valence-electron chi connectivity index (χ2n) is 5.65. The lowest BCUT2D eigenvalue weighted by atomic mass is 9.95. The molecule has 0 unspecified atom stereocenters. The van der Waals surface area contributed by atoms with Crippen molar-refractivity contribution in [2.45, 2.75) is 44.4 Å². The molecule has 0 bridgehead atoms. The zero-order valence-electron chi connectivity index (χ0n) is 12.2. The van der Waals surface area contributed by atoms with E-state index in [1.54, 1.807) is 6.92 Å². The molecule has 1 aliphatic rings. The second-order valence-corrected chi connectivity index (χ2v) is 5.65. The van der Waals surface area contributed by atoms with Crippen LogP contribution in [0.25, 0.3) is 0 Å². The van der Waals surface area contributed by atoms with Crippen molar-refractivity contribution in [3.8, 4) is 0 Å². The summed E-state index contributed by atoms with van der Waals surface area (Å²) in [4.78, 5) is 13.9. The number of carbonyl (C=O) groups is 1. The van der Waals surface area contributed by atoms with E-state index in [0.717, 1.165) is 18.9 Å². The van der Waals surface area contributed by atoms with Crippen molar-refractivity contribution in [2.75, 3.05) is 6.54 Å². The Labute approximate surface area is 126 Å². The van der Waals surface area contributed by atoms with E-state index in [1.807, 2.05) is 0 Å². The summed E-state index contributed by atoms with van der Waals surface area (Å²) in [5.74, 6) is -1.68. The summed E-state index contributed by atoms with van der Waals surface area (Å²) in [7, 11) is 0. The smallest absolute Gasteiger partial charge is 0.334 e. The zero-order valence-corrected chi connectivity index (χ0v) is 12.2. The van der Waals surface area contributed by atoms with E-state index in [0.29, 0.717) is 25.1 Å². The van der Waals surface area contributed by atoms with Crippen LogP contribution in [0.15, 0.2) is 18.2 Å². The normalized spacial score (nSPS) is 20.8. The number of piperidine rings is 1. The van der Waals surface area contributed by atoms with E-state index < -0.39 is 23.5 Å². The molecule has 0 radical (unpaired) electrons. The van der Waals surface area contributed by atoms with Crippen LogP contribution in [-0.4, -0.2) is 29.4 Å². The van der Waals surface area contributed by atoms with Crippen molar-refractivity contribution in [2.24, 2.45) is 5.73 Å². The molecule has 1 aromatic carbocycles. The van der Waals surface area contributed by atoms with Gasteiger partial charge in [0.05, 0.1) is 5.56 Å². The molecule has 7 heteroatoms. The summed E-state index contributed by atoms with van der Waals surface area (Å²) < 4.78 is 51.7. The molecule has 1 fully saturated rings. The first-order chi connectivity index (χ1) is 10.2. The molecule has 2 atom stereocenters. The number of rotatable bonds is 2. The van der Waals surface area contributed by atoms with E-state index >= 15 is 0 Å². The van der Waals surface area contributed by atoms with Gasteiger partial charge in [-0.15, -0.1) is 0 Å². The maximum Gasteiger partial charge on any atom is 0.416 e. The van der Waals surface area contributed by atoms with Crippen LogP contribution in [0.5, 0.6) is 0 Å². The van der Waals surface area contributed by atoms with Gasteiger partial charge in [0.25, 0.3) is 5.91 Å². The molecule has 1 amide bonds. The van der Waals surface area contributed by atoms with Gasteiger partial charge in [0.2, 0.25) is 0 Å². The average Bonchev–Trinajstić information content (AvgIpc) is 2.45. The van der Waals surface area contributed by atoms with Crippen molar-refractivity contribution in [1.82, 2.24) is 4.90 Å². The maximum atomic E-state index is 13.4. The Morgan fingerprint density at radius 1 is 1.32 bits per heavy atom. The Balaban J connectivity index is 2.34. The monoisotopic (exact) mass is 318 g/mol. The zero-order chi connectivity index (χ0) is 16.5. The molecular formula is C15H18F4N2O. The molecule has 0 saturated carbocycles. The van der Waals surface area contributed by atoms with Gasteiger partial charge in [0, 0.05) is 24.2 Å². The highest BCUT2D eigenvalue weighted by Crippen LogP contribution is 2.31. The number of halogens is 4. The number of hydrogen-bond donors (Lipinski definition) is 1. The molecule has 2 N–H and O–H groups in total. The molecule has 122 valence electrons. The first-order valence-corrected chi connectivity index (χ1v) is 7.14. The number of hydrogen-bond acceptors (Lipinski definition) is 2. The van der Waals surface area contributed by atoms with Gasteiger partial charge >= 0.3 is 6.18 Å². The number of carbonyl (C=O) groups excluding carboxylic acids is 1. The standard InChI is InChI=1S/C15H18F4N2O/c1-9(20)13-4-2-3-5-21(13)14(22)10-6-11(15(17,18)19)8-12(16)7-10/h6-9,13H,2-5,20H2,1H3/t9-,13+/m0/s1. The molecular weight excluding hydrogens is 300 g/mol. The van der Waals surface area contributed by atoms with Gasteiger partial charge in [0.15, 0.2) is 0 Å². The van der Waals surface area contributed by atoms with Crippen molar-refractivity contribution in [3.63, 3.8) is 0 Å². The third kappa shape index (κ3) is 3.58. The Bertz CT molecular complexity index is 557. The molecule has 22 heavy (non-hydrogen) atoms. The molecule has 2 rings (SSSR count). The number of alkyl halides is 3. The Hall–Kier alpha value is -1.63. The molecule has 0 spiro atoms. The first-order valence-electron chi connectivity index (χ1n) is 7.14. The second kappa shape index (κ2) is 6.24. The van der Waals surface area contributed by atoms with Gasteiger partial charge in [-0.05, 0) is 44.4 Å². The van der Waals surface area contributed by atoms with Crippen LogP contribution in [0.3, 0.4) is 0 Å². The molecule has 1 aliphatic heterocycles. The Morgan fingerprint density at radius 3 is 2.59 bits per heavy atom. The van der Waals surface area contributed by atoms with E-state index in [-0.39, 0.29) is 17.6 Å². The minimum absolute atomic E-state index is 0.237. The predicted octanol–water partition coefficient (Wildman–Crippen LogP) is 3.19. The van der Waals surface area contributed by atoms with E-state index in [1.165, 1.54) is 4.90 Å². The fourth-order valence-corrected chi connectivity index (χ4v) is 2.80. The predicted molar refractivity (Wildman–Crippen MR) is 73.7 cm³/mol. The van der Waals surface area contributed by atoms with Crippen LogP contribution in [-0.2, 0) is 6.18 Å². The van der Waals surface area contributed by atoms with Crippen LogP contribution in [0, 0.1) is 5.82 Å². The van der Waals surface area contributed by atoms with Crippen molar-refractivity contribution in [1.29, 1.82) is 0 Å². The molecule has 1 heterocycles. The summed E-state index contributed by atoms with van der Waals surface area (Å²) >= 11 is 0. The number of likely N-dealkylation sites (tertiary alicyclic amines) is 1. The lowest BCUT2D eigenvalue weighted by Gasteiger charge is -2.38. The van der Waals surface area contributed by atoms with Crippen LogP contribution in [0.4, 0.5) is 17.6 Å². The number of amides is 1. The molecule has 3 nitrogen and oxygen atoms in total. The highest BCUT2D eigenvalue weighted by Gasteiger charge is 2.34. The molecule has 1 aromatic rings. The van der Waals surface area contributed by atoms with Crippen LogP contribution in [0.1, 0.15) is 42.1 Å². The van der Waals surface area contributed by atoms with Gasteiger partial charge in [-0.2, -0.15) is 13.2 Å². The van der Waals surface area contributed by atoms with Gasteiger partial charge in [0.1, 0.15) is 5.82 Å². The fraction of sp³-hybridized carbons (Fsp3) is 0.533. The lowest BCUT2D eigenvalue weighted by molar-refractivity contribution is -0.137.